The summed E-state index contributed by atoms with van der Waals surface area (Å²) in [4.78, 5) is 0. The first-order valence-electron chi connectivity index (χ1n) is 4.21. The summed E-state index contributed by atoms with van der Waals surface area (Å²) in [5, 5.41) is -1.17. The van der Waals surface area contributed by atoms with Crippen LogP contribution >= 0.6 is 11.6 Å². The van der Waals surface area contributed by atoms with Crippen LogP contribution in [0.3, 0.4) is 0 Å². The summed E-state index contributed by atoms with van der Waals surface area (Å²) in [6.45, 7) is 0.171. The predicted octanol–water partition coefficient (Wildman–Crippen LogP) is 2.79. The number of benzene rings is 1. The van der Waals surface area contributed by atoms with Crippen LogP contribution in [0.5, 0.6) is 0 Å². The minimum Gasteiger partial charge on any atom is -0.330 e. The fourth-order valence-electron chi connectivity index (χ4n) is 1.15. The molecule has 0 unspecified atom stereocenters. The molecule has 1 nitrogen and oxygen atoms in total. The Morgan fingerprint density at radius 2 is 1.40 bits per heavy atom. The monoisotopic (exact) mass is 241 g/mol. The molecule has 0 aliphatic heterocycles. The van der Waals surface area contributed by atoms with Crippen LogP contribution in [0.15, 0.2) is 0 Å². The minimum atomic E-state index is -1.57. The SMILES string of the molecule is NCCCc1c(F)c(F)c(Cl)c(F)c1F. The first-order valence-corrected chi connectivity index (χ1v) is 4.58. The molecule has 0 heterocycles. The molecule has 0 atom stereocenters. The Bertz CT molecular complexity index is 352. The van der Waals surface area contributed by atoms with E-state index >= 15 is 0 Å². The molecule has 0 aromatic heterocycles. The van der Waals surface area contributed by atoms with Gasteiger partial charge in [0.05, 0.1) is 0 Å². The second-order valence-electron chi connectivity index (χ2n) is 2.94. The van der Waals surface area contributed by atoms with Crippen molar-refractivity contribution in [1.82, 2.24) is 0 Å². The Hall–Kier alpha value is -0.810. The lowest BCUT2D eigenvalue weighted by Gasteiger charge is -2.07. The van der Waals surface area contributed by atoms with Crippen LogP contribution in [0, 0.1) is 23.3 Å². The van der Waals surface area contributed by atoms with Gasteiger partial charge in [-0.25, -0.2) is 17.6 Å². The summed E-state index contributed by atoms with van der Waals surface area (Å²) in [7, 11) is 0. The van der Waals surface area contributed by atoms with Crippen LogP contribution in [0.25, 0.3) is 0 Å². The number of halogens is 5. The summed E-state index contributed by atoms with van der Waals surface area (Å²) in [5.41, 5.74) is 4.47. The first kappa shape index (κ1) is 12.3. The summed E-state index contributed by atoms with van der Waals surface area (Å²) >= 11 is 5.04. The number of hydrogen-bond acceptors (Lipinski definition) is 1. The van der Waals surface area contributed by atoms with Crippen LogP contribution in [0.1, 0.15) is 12.0 Å². The van der Waals surface area contributed by atoms with Crippen molar-refractivity contribution in [2.24, 2.45) is 5.73 Å². The Labute approximate surface area is 88.8 Å². The van der Waals surface area contributed by atoms with Gasteiger partial charge in [-0.3, -0.25) is 0 Å². The predicted molar refractivity (Wildman–Crippen MR) is 48.7 cm³/mol. The maximum Gasteiger partial charge on any atom is 0.180 e. The van der Waals surface area contributed by atoms with Gasteiger partial charge in [0.1, 0.15) is 5.02 Å². The molecule has 1 aromatic rings. The van der Waals surface area contributed by atoms with Gasteiger partial charge in [-0.1, -0.05) is 11.6 Å². The van der Waals surface area contributed by atoms with E-state index in [-0.39, 0.29) is 19.4 Å². The molecule has 0 saturated heterocycles. The van der Waals surface area contributed by atoms with Gasteiger partial charge in [0, 0.05) is 5.56 Å². The van der Waals surface area contributed by atoms with Crippen molar-refractivity contribution in [2.75, 3.05) is 6.54 Å². The fraction of sp³-hybridized carbons (Fsp3) is 0.333. The molecule has 0 radical (unpaired) electrons. The zero-order valence-corrected chi connectivity index (χ0v) is 8.34. The smallest absolute Gasteiger partial charge is 0.180 e. The highest BCUT2D eigenvalue weighted by Crippen LogP contribution is 2.28. The van der Waals surface area contributed by atoms with E-state index in [4.69, 9.17) is 17.3 Å². The van der Waals surface area contributed by atoms with Gasteiger partial charge in [0.2, 0.25) is 0 Å². The Kier molecular flexibility index (Phi) is 3.93. The van der Waals surface area contributed by atoms with Crippen LogP contribution in [0.2, 0.25) is 5.02 Å². The molecule has 84 valence electrons. The molecule has 0 amide bonds. The molecule has 0 bridgehead atoms. The summed E-state index contributed by atoms with van der Waals surface area (Å²) in [5.74, 6) is -6.04. The molecule has 0 saturated carbocycles. The molecule has 0 fully saturated rings. The van der Waals surface area contributed by atoms with Crippen molar-refractivity contribution in [3.63, 3.8) is 0 Å². The van der Waals surface area contributed by atoms with E-state index in [1.54, 1.807) is 0 Å². The minimum absolute atomic E-state index is 0.167. The lowest BCUT2D eigenvalue weighted by Crippen LogP contribution is -2.07. The Morgan fingerprint density at radius 1 is 0.933 bits per heavy atom. The molecule has 6 heteroatoms. The van der Waals surface area contributed by atoms with Gasteiger partial charge in [-0.15, -0.1) is 0 Å². The standard InChI is InChI=1S/C9H8ClF4N/c10-5-8(13)6(11)4(2-1-3-15)7(12)9(5)14/h1-3,15H2. The summed E-state index contributed by atoms with van der Waals surface area (Å²) < 4.78 is 52.1. The highest BCUT2D eigenvalue weighted by molar-refractivity contribution is 6.30. The van der Waals surface area contributed by atoms with Gasteiger partial charge in [-0.2, -0.15) is 0 Å². The highest BCUT2D eigenvalue weighted by Gasteiger charge is 2.23. The van der Waals surface area contributed by atoms with Gasteiger partial charge in [0.25, 0.3) is 0 Å². The largest absolute Gasteiger partial charge is 0.330 e. The second kappa shape index (κ2) is 4.81. The summed E-state index contributed by atoms with van der Waals surface area (Å²) in [6.07, 6.45) is 0.0630. The Balaban J connectivity index is 3.26. The average Bonchev–Trinajstić information content (AvgIpc) is 2.24. The van der Waals surface area contributed by atoms with Crippen LogP contribution in [-0.2, 0) is 6.42 Å². The van der Waals surface area contributed by atoms with E-state index in [9.17, 15) is 17.6 Å². The van der Waals surface area contributed by atoms with E-state index in [0.717, 1.165) is 0 Å². The topological polar surface area (TPSA) is 26.0 Å². The van der Waals surface area contributed by atoms with E-state index < -0.39 is 33.9 Å². The second-order valence-corrected chi connectivity index (χ2v) is 3.32. The maximum absolute atomic E-state index is 13.1. The molecular formula is C9H8ClF4N. The van der Waals surface area contributed by atoms with Crippen molar-refractivity contribution in [2.45, 2.75) is 12.8 Å². The molecule has 15 heavy (non-hydrogen) atoms. The number of nitrogens with two attached hydrogens (primary N) is 1. The molecular weight excluding hydrogens is 234 g/mol. The molecule has 1 aromatic carbocycles. The first-order chi connectivity index (χ1) is 7.00. The zero-order chi connectivity index (χ0) is 11.6. The van der Waals surface area contributed by atoms with Crippen molar-refractivity contribution >= 4 is 11.6 Å². The van der Waals surface area contributed by atoms with Crippen molar-refractivity contribution in [1.29, 1.82) is 0 Å². The molecule has 2 N–H and O–H groups in total. The Morgan fingerprint density at radius 3 is 1.80 bits per heavy atom. The fourth-order valence-corrected chi connectivity index (χ4v) is 1.31. The van der Waals surface area contributed by atoms with Crippen molar-refractivity contribution in [3.8, 4) is 0 Å². The van der Waals surface area contributed by atoms with E-state index in [1.165, 1.54) is 0 Å². The van der Waals surface area contributed by atoms with Crippen molar-refractivity contribution < 1.29 is 17.6 Å². The third-order valence-electron chi connectivity index (χ3n) is 1.93. The molecule has 0 spiro atoms. The van der Waals surface area contributed by atoms with Gasteiger partial charge in [0.15, 0.2) is 23.3 Å². The third-order valence-corrected chi connectivity index (χ3v) is 2.26. The third kappa shape index (κ3) is 2.23. The molecule has 1 rings (SSSR count). The number of rotatable bonds is 3. The normalized spacial score (nSPS) is 10.8. The molecule has 0 aliphatic rings. The quantitative estimate of drug-likeness (QED) is 0.492. The molecule has 0 aliphatic carbocycles. The maximum atomic E-state index is 13.1. The van der Waals surface area contributed by atoms with Gasteiger partial charge < -0.3 is 5.73 Å². The zero-order valence-electron chi connectivity index (χ0n) is 7.59. The lowest BCUT2D eigenvalue weighted by molar-refractivity contribution is 0.438. The van der Waals surface area contributed by atoms with Gasteiger partial charge in [-0.05, 0) is 19.4 Å². The number of hydrogen-bond donors (Lipinski definition) is 1. The van der Waals surface area contributed by atoms with E-state index in [2.05, 4.69) is 0 Å². The average molecular weight is 242 g/mol. The van der Waals surface area contributed by atoms with Crippen LogP contribution in [-0.4, -0.2) is 6.54 Å². The van der Waals surface area contributed by atoms with E-state index in [1.807, 2.05) is 0 Å². The van der Waals surface area contributed by atoms with Crippen molar-refractivity contribution in [3.05, 3.63) is 33.9 Å². The highest BCUT2D eigenvalue weighted by atomic mass is 35.5. The van der Waals surface area contributed by atoms with E-state index in [0.29, 0.717) is 0 Å². The van der Waals surface area contributed by atoms with Crippen LogP contribution < -0.4 is 5.73 Å². The van der Waals surface area contributed by atoms with Crippen LogP contribution in [0.4, 0.5) is 17.6 Å². The lowest BCUT2D eigenvalue weighted by atomic mass is 10.1. The van der Waals surface area contributed by atoms with Gasteiger partial charge >= 0.3 is 0 Å². The summed E-state index contributed by atoms with van der Waals surface area (Å²) in [6, 6.07) is 0.